The lowest BCUT2D eigenvalue weighted by Gasteiger charge is -2.02. The van der Waals surface area contributed by atoms with E-state index >= 15 is 0 Å². The van der Waals surface area contributed by atoms with Gasteiger partial charge in [0, 0.05) is 5.56 Å². The second-order valence-electron chi connectivity index (χ2n) is 4.75. The van der Waals surface area contributed by atoms with Crippen molar-refractivity contribution in [2.45, 2.75) is 20.3 Å². The number of aryl methyl sites for hydroxylation is 1. The molecule has 0 atom stereocenters. The van der Waals surface area contributed by atoms with Crippen LogP contribution in [0.3, 0.4) is 0 Å². The zero-order valence-corrected chi connectivity index (χ0v) is 11.8. The van der Waals surface area contributed by atoms with Crippen molar-refractivity contribution in [1.29, 1.82) is 0 Å². The maximum Gasteiger partial charge on any atom is 0.138 e. The summed E-state index contributed by atoms with van der Waals surface area (Å²) < 4.78 is 5.46. The van der Waals surface area contributed by atoms with Gasteiger partial charge < -0.3 is 9.72 Å². The predicted molar refractivity (Wildman–Crippen MR) is 82.1 cm³/mol. The number of imidazole rings is 1. The fraction of sp³-hybridized carbons (Fsp3) is 0.235. The quantitative estimate of drug-likeness (QED) is 0.768. The van der Waals surface area contributed by atoms with Crippen molar-refractivity contribution in [1.82, 2.24) is 9.97 Å². The minimum absolute atomic E-state index is 0.684. The first-order valence-corrected chi connectivity index (χ1v) is 7.02. The fourth-order valence-electron chi connectivity index (χ4n) is 2.29. The van der Waals surface area contributed by atoms with E-state index < -0.39 is 0 Å². The largest absolute Gasteiger partial charge is 0.494 e. The molecule has 1 N–H and O–H groups in total. The molecule has 0 aliphatic rings. The van der Waals surface area contributed by atoms with E-state index in [1.807, 2.05) is 31.2 Å². The number of hydrogen-bond acceptors (Lipinski definition) is 2. The monoisotopic (exact) mass is 266 g/mol. The Kier molecular flexibility index (Phi) is 3.42. The number of H-pyrrole nitrogens is 1. The van der Waals surface area contributed by atoms with Gasteiger partial charge in [0.2, 0.25) is 0 Å². The number of benzene rings is 2. The van der Waals surface area contributed by atoms with E-state index in [2.05, 4.69) is 35.1 Å². The molecule has 0 fully saturated rings. The summed E-state index contributed by atoms with van der Waals surface area (Å²) in [6, 6.07) is 14.4. The van der Waals surface area contributed by atoms with Gasteiger partial charge in [-0.15, -0.1) is 0 Å². The molecule has 0 unspecified atom stereocenters. The smallest absolute Gasteiger partial charge is 0.138 e. The average molecular weight is 266 g/mol. The molecular formula is C17H18N2O. The molecular weight excluding hydrogens is 248 g/mol. The first-order chi connectivity index (χ1) is 9.80. The van der Waals surface area contributed by atoms with Crippen LogP contribution in [0, 0.1) is 0 Å². The van der Waals surface area contributed by atoms with Gasteiger partial charge >= 0.3 is 0 Å². The Hall–Kier alpha value is -2.29. The van der Waals surface area contributed by atoms with E-state index in [4.69, 9.17) is 4.74 Å². The van der Waals surface area contributed by atoms with Crippen molar-refractivity contribution in [3.63, 3.8) is 0 Å². The van der Waals surface area contributed by atoms with Crippen LogP contribution in [-0.4, -0.2) is 16.6 Å². The van der Waals surface area contributed by atoms with Crippen molar-refractivity contribution >= 4 is 11.0 Å². The maximum atomic E-state index is 5.46. The Morgan fingerprint density at radius 2 is 1.85 bits per heavy atom. The first kappa shape index (κ1) is 12.7. The van der Waals surface area contributed by atoms with Crippen LogP contribution in [0.15, 0.2) is 42.5 Å². The van der Waals surface area contributed by atoms with Crippen LogP contribution in [-0.2, 0) is 6.42 Å². The number of ether oxygens (including phenoxy) is 1. The van der Waals surface area contributed by atoms with Gasteiger partial charge in [-0.2, -0.15) is 0 Å². The molecule has 0 saturated heterocycles. The fourth-order valence-corrected chi connectivity index (χ4v) is 2.29. The number of rotatable bonds is 4. The van der Waals surface area contributed by atoms with Crippen LogP contribution in [0.1, 0.15) is 19.4 Å². The van der Waals surface area contributed by atoms with Crippen molar-refractivity contribution in [3.05, 3.63) is 48.0 Å². The standard InChI is InChI=1S/C17H18N2O/c1-3-12-5-10-15-16(11-12)19-17(18-15)13-6-8-14(9-7-13)20-4-2/h5-11H,3-4H2,1-2H3,(H,18,19). The molecule has 0 aliphatic heterocycles. The minimum Gasteiger partial charge on any atom is -0.494 e. The molecule has 1 heterocycles. The van der Waals surface area contributed by atoms with Gasteiger partial charge in [-0.25, -0.2) is 4.98 Å². The summed E-state index contributed by atoms with van der Waals surface area (Å²) in [5.74, 6) is 1.79. The summed E-state index contributed by atoms with van der Waals surface area (Å²) in [6.07, 6.45) is 1.04. The summed E-state index contributed by atoms with van der Waals surface area (Å²) in [5.41, 5.74) is 4.49. The molecule has 0 spiro atoms. The molecule has 0 amide bonds. The van der Waals surface area contributed by atoms with Crippen LogP contribution in [0.5, 0.6) is 5.75 Å². The summed E-state index contributed by atoms with van der Waals surface area (Å²) >= 11 is 0. The van der Waals surface area contributed by atoms with Crippen LogP contribution in [0.2, 0.25) is 0 Å². The van der Waals surface area contributed by atoms with Crippen molar-refractivity contribution in [2.75, 3.05) is 6.61 Å². The Balaban J connectivity index is 1.96. The molecule has 0 bridgehead atoms. The lowest BCUT2D eigenvalue weighted by molar-refractivity contribution is 0.340. The number of fused-ring (bicyclic) bond motifs is 1. The molecule has 2 aromatic carbocycles. The van der Waals surface area contributed by atoms with Gasteiger partial charge in [-0.1, -0.05) is 13.0 Å². The van der Waals surface area contributed by atoms with E-state index in [1.165, 1.54) is 5.56 Å². The Morgan fingerprint density at radius 1 is 1.05 bits per heavy atom. The third-order valence-corrected chi connectivity index (χ3v) is 3.39. The normalized spacial score (nSPS) is 10.9. The van der Waals surface area contributed by atoms with E-state index in [0.717, 1.165) is 34.6 Å². The van der Waals surface area contributed by atoms with Crippen molar-refractivity contribution in [2.24, 2.45) is 0 Å². The second-order valence-corrected chi connectivity index (χ2v) is 4.75. The molecule has 0 saturated carbocycles. The zero-order valence-electron chi connectivity index (χ0n) is 11.8. The lowest BCUT2D eigenvalue weighted by Crippen LogP contribution is -1.90. The Labute approximate surface area is 118 Å². The molecule has 20 heavy (non-hydrogen) atoms. The second kappa shape index (κ2) is 5.37. The SMILES string of the molecule is CCOc1ccc(-c2nc3ccc(CC)cc3[nH]2)cc1. The number of nitrogens with zero attached hydrogens (tertiary/aromatic N) is 1. The Morgan fingerprint density at radius 3 is 2.55 bits per heavy atom. The van der Waals surface area contributed by atoms with Crippen LogP contribution < -0.4 is 4.74 Å². The highest BCUT2D eigenvalue weighted by molar-refractivity contribution is 5.80. The van der Waals surface area contributed by atoms with Gasteiger partial charge in [0.25, 0.3) is 0 Å². The van der Waals surface area contributed by atoms with Crippen LogP contribution >= 0.6 is 0 Å². The summed E-state index contributed by atoms with van der Waals surface area (Å²) in [4.78, 5) is 8.02. The molecule has 3 aromatic rings. The van der Waals surface area contributed by atoms with E-state index in [0.29, 0.717) is 6.61 Å². The number of nitrogens with one attached hydrogen (secondary N) is 1. The number of aromatic nitrogens is 2. The zero-order chi connectivity index (χ0) is 13.9. The molecule has 102 valence electrons. The van der Waals surface area contributed by atoms with Gasteiger partial charge in [-0.05, 0) is 55.3 Å². The van der Waals surface area contributed by atoms with Gasteiger partial charge in [0.15, 0.2) is 0 Å². The Bertz CT molecular complexity index is 713. The van der Waals surface area contributed by atoms with Crippen LogP contribution in [0.25, 0.3) is 22.4 Å². The van der Waals surface area contributed by atoms with E-state index in [-0.39, 0.29) is 0 Å². The number of hydrogen-bond donors (Lipinski definition) is 1. The first-order valence-electron chi connectivity index (χ1n) is 7.02. The summed E-state index contributed by atoms with van der Waals surface area (Å²) in [6.45, 7) is 4.83. The van der Waals surface area contributed by atoms with Crippen molar-refractivity contribution < 1.29 is 4.74 Å². The third kappa shape index (κ3) is 2.39. The van der Waals surface area contributed by atoms with E-state index in [9.17, 15) is 0 Å². The van der Waals surface area contributed by atoms with E-state index in [1.54, 1.807) is 0 Å². The topological polar surface area (TPSA) is 37.9 Å². The highest BCUT2D eigenvalue weighted by atomic mass is 16.5. The molecule has 3 heteroatoms. The maximum absolute atomic E-state index is 5.46. The van der Waals surface area contributed by atoms with Crippen LogP contribution in [0.4, 0.5) is 0 Å². The molecule has 0 radical (unpaired) electrons. The number of aromatic amines is 1. The average Bonchev–Trinajstić information content (AvgIpc) is 2.91. The molecule has 0 aliphatic carbocycles. The summed E-state index contributed by atoms with van der Waals surface area (Å²) in [5, 5.41) is 0. The molecule has 1 aromatic heterocycles. The van der Waals surface area contributed by atoms with Gasteiger partial charge in [0.05, 0.1) is 17.6 Å². The summed E-state index contributed by atoms with van der Waals surface area (Å²) in [7, 11) is 0. The highest BCUT2D eigenvalue weighted by Crippen LogP contribution is 2.23. The predicted octanol–water partition coefficient (Wildman–Crippen LogP) is 4.19. The van der Waals surface area contributed by atoms with Crippen molar-refractivity contribution in [3.8, 4) is 17.1 Å². The third-order valence-electron chi connectivity index (χ3n) is 3.39. The highest BCUT2D eigenvalue weighted by Gasteiger charge is 2.06. The minimum atomic E-state index is 0.684. The lowest BCUT2D eigenvalue weighted by atomic mass is 10.1. The molecule has 3 nitrogen and oxygen atoms in total. The molecule has 3 rings (SSSR count). The van der Waals surface area contributed by atoms with Gasteiger partial charge in [-0.3, -0.25) is 0 Å². The van der Waals surface area contributed by atoms with Gasteiger partial charge in [0.1, 0.15) is 11.6 Å².